The van der Waals surface area contributed by atoms with Gasteiger partial charge in [-0.3, -0.25) is 4.79 Å². The van der Waals surface area contributed by atoms with Gasteiger partial charge in [-0.1, -0.05) is 45.1 Å². The number of carbonyl (C=O) groups excluding carboxylic acids is 2. The molecule has 5 rings (SSSR count). The first-order valence-corrected chi connectivity index (χ1v) is 12.3. The highest BCUT2D eigenvalue weighted by atomic mass is 16.6. The van der Waals surface area contributed by atoms with Gasteiger partial charge < -0.3 is 25.2 Å². The summed E-state index contributed by atoms with van der Waals surface area (Å²) in [7, 11) is 0. The molecule has 8 atom stereocenters. The summed E-state index contributed by atoms with van der Waals surface area (Å²) in [5.74, 6) is -1.91. The average molecular weight is 483 g/mol. The number of phenolic OH excluding ortho intramolecular Hbond substituents is 1. The van der Waals surface area contributed by atoms with Crippen molar-refractivity contribution in [3.05, 3.63) is 52.6 Å². The molecule has 1 aromatic carbocycles. The molecule has 2 bridgehead atoms. The number of aromatic hydroxyl groups is 1. The van der Waals surface area contributed by atoms with Gasteiger partial charge in [0.25, 0.3) is 0 Å². The maximum absolute atomic E-state index is 14.3. The molecule has 7 heteroatoms. The van der Waals surface area contributed by atoms with E-state index in [1.165, 1.54) is 6.07 Å². The van der Waals surface area contributed by atoms with Gasteiger partial charge in [0.1, 0.15) is 17.4 Å². The van der Waals surface area contributed by atoms with Gasteiger partial charge in [0.15, 0.2) is 17.5 Å². The fraction of sp³-hybridized carbons (Fsp3) is 0.571. The fourth-order valence-electron chi connectivity index (χ4n) is 7.68. The number of ether oxygens (including phenoxy) is 1. The molecule has 0 heterocycles. The summed E-state index contributed by atoms with van der Waals surface area (Å²) < 4.78 is 5.83. The highest BCUT2D eigenvalue weighted by Gasteiger charge is 2.76. The van der Waals surface area contributed by atoms with Crippen molar-refractivity contribution in [1.29, 1.82) is 0 Å². The molecule has 1 aromatic rings. The van der Waals surface area contributed by atoms with Crippen LogP contribution in [-0.4, -0.2) is 56.6 Å². The molecule has 0 radical (unpaired) electrons. The van der Waals surface area contributed by atoms with Crippen molar-refractivity contribution in [2.24, 2.45) is 34.5 Å². The average Bonchev–Trinajstić information content (AvgIpc) is 3.27. The number of benzene rings is 1. The number of fused-ring (bicyclic) bond motifs is 3. The molecule has 35 heavy (non-hydrogen) atoms. The maximum Gasteiger partial charge on any atom is 0.342 e. The van der Waals surface area contributed by atoms with Gasteiger partial charge in [0.05, 0.1) is 12.0 Å². The lowest BCUT2D eigenvalue weighted by Gasteiger charge is -2.48. The van der Waals surface area contributed by atoms with Crippen molar-refractivity contribution < 1.29 is 34.8 Å². The van der Waals surface area contributed by atoms with E-state index < -0.39 is 41.7 Å². The minimum atomic E-state index is -2.20. The number of hydrogen-bond acceptors (Lipinski definition) is 7. The van der Waals surface area contributed by atoms with E-state index in [1.54, 1.807) is 38.1 Å². The van der Waals surface area contributed by atoms with E-state index in [0.29, 0.717) is 17.6 Å². The Labute approximate surface area is 205 Å². The summed E-state index contributed by atoms with van der Waals surface area (Å²) in [6.45, 7) is 8.98. The van der Waals surface area contributed by atoms with E-state index in [4.69, 9.17) is 4.74 Å². The third-order valence-electron chi connectivity index (χ3n) is 9.58. The zero-order valence-electron chi connectivity index (χ0n) is 20.8. The van der Waals surface area contributed by atoms with Crippen LogP contribution in [0.4, 0.5) is 0 Å². The van der Waals surface area contributed by atoms with Crippen LogP contribution >= 0.6 is 0 Å². The third kappa shape index (κ3) is 2.89. The summed E-state index contributed by atoms with van der Waals surface area (Å²) in [6, 6.07) is 4.64. The third-order valence-corrected chi connectivity index (χ3v) is 9.58. The van der Waals surface area contributed by atoms with Gasteiger partial charge in [0, 0.05) is 5.92 Å². The topological polar surface area (TPSA) is 124 Å². The Balaban J connectivity index is 1.65. The van der Waals surface area contributed by atoms with Crippen molar-refractivity contribution in [2.75, 3.05) is 6.61 Å². The zero-order valence-corrected chi connectivity index (χ0v) is 20.8. The smallest absolute Gasteiger partial charge is 0.342 e. The summed E-state index contributed by atoms with van der Waals surface area (Å²) in [5, 5.41) is 44.4. The van der Waals surface area contributed by atoms with Crippen LogP contribution in [0.15, 0.2) is 41.5 Å². The van der Waals surface area contributed by atoms with Crippen LogP contribution in [0.1, 0.15) is 50.0 Å². The van der Waals surface area contributed by atoms with Gasteiger partial charge in [-0.05, 0) is 66.2 Å². The number of phenols is 1. The SMILES string of the molecule is CC1=C[C@]23C(=O)C(C=C(CO)[C@@H](O)[C@]2(O)[C@H]1OC(=O)c1c(C)cccc1O)[C@H]1[C@@H](C[C@H]3C)C1(C)C. The van der Waals surface area contributed by atoms with Crippen molar-refractivity contribution in [1.82, 2.24) is 0 Å². The summed E-state index contributed by atoms with van der Waals surface area (Å²) >= 11 is 0. The second-order valence-corrected chi connectivity index (χ2v) is 11.6. The second kappa shape index (κ2) is 7.51. The number of hydrogen-bond donors (Lipinski definition) is 4. The number of rotatable bonds is 3. The predicted molar refractivity (Wildman–Crippen MR) is 127 cm³/mol. The Morgan fingerprint density at radius 1 is 1.23 bits per heavy atom. The van der Waals surface area contributed by atoms with Crippen LogP contribution in [0.3, 0.4) is 0 Å². The fourth-order valence-corrected chi connectivity index (χ4v) is 7.68. The van der Waals surface area contributed by atoms with E-state index in [2.05, 4.69) is 13.8 Å². The first-order chi connectivity index (χ1) is 16.3. The van der Waals surface area contributed by atoms with Crippen LogP contribution in [0.2, 0.25) is 0 Å². The molecule has 0 amide bonds. The van der Waals surface area contributed by atoms with Gasteiger partial charge in [-0.2, -0.15) is 0 Å². The van der Waals surface area contributed by atoms with Crippen molar-refractivity contribution in [3.63, 3.8) is 0 Å². The lowest BCUT2D eigenvalue weighted by atomic mass is 9.59. The Hall–Kier alpha value is -2.48. The van der Waals surface area contributed by atoms with Crippen LogP contribution in [0.5, 0.6) is 5.75 Å². The molecule has 4 aliphatic carbocycles. The number of aryl methyl sites for hydroxylation is 1. The number of aliphatic hydroxyl groups is 3. The molecule has 2 saturated carbocycles. The number of Topliss-reactive ketones (excluding diaryl/α,β-unsaturated/α-hetero) is 1. The lowest BCUT2D eigenvalue weighted by molar-refractivity contribution is -0.190. The summed E-state index contributed by atoms with van der Waals surface area (Å²) in [4.78, 5) is 27.6. The Morgan fingerprint density at radius 2 is 1.91 bits per heavy atom. The summed E-state index contributed by atoms with van der Waals surface area (Å²) in [5.41, 5.74) is -2.68. The molecule has 0 saturated heterocycles. The first-order valence-electron chi connectivity index (χ1n) is 12.3. The standard InChI is InChI=1S/C28H34O7/c1-13-7-6-8-19(30)20(13)25(33)35-24-14(2)11-27-15(3)9-18-21(26(18,4)5)17(23(27)32)10-16(12-29)22(31)28(24,27)34/h6-8,10-11,15,17-18,21-22,24,29-31,34H,9,12H2,1-5H3/t15-,17?,18-,21+,22-,24+,27+,28+/m1/s1. The van der Waals surface area contributed by atoms with E-state index in [0.717, 1.165) is 0 Å². The molecular weight excluding hydrogens is 448 g/mol. The molecule has 0 aliphatic heterocycles. The molecule has 1 unspecified atom stereocenters. The Morgan fingerprint density at radius 3 is 2.54 bits per heavy atom. The molecule has 188 valence electrons. The molecule has 7 nitrogen and oxygen atoms in total. The number of esters is 1. The van der Waals surface area contributed by atoms with E-state index in [1.807, 2.05) is 6.92 Å². The molecule has 0 aromatic heterocycles. The normalized spacial score (nSPS) is 41.1. The van der Waals surface area contributed by atoms with Crippen molar-refractivity contribution >= 4 is 11.8 Å². The number of aliphatic hydroxyl groups excluding tert-OH is 2. The monoisotopic (exact) mass is 482 g/mol. The molecule has 4 N–H and O–H groups in total. The Kier molecular flexibility index (Phi) is 5.20. The van der Waals surface area contributed by atoms with Gasteiger partial charge in [-0.25, -0.2) is 4.79 Å². The van der Waals surface area contributed by atoms with Crippen molar-refractivity contribution in [2.45, 2.75) is 58.8 Å². The lowest BCUT2D eigenvalue weighted by Crippen LogP contribution is -2.65. The number of ketones is 1. The van der Waals surface area contributed by atoms with Gasteiger partial charge in [0.2, 0.25) is 0 Å². The van der Waals surface area contributed by atoms with Crippen LogP contribution in [-0.2, 0) is 9.53 Å². The molecule has 4 aliphatic rings. The highest BCUT2D eigenvalue weighted by molar-refractivity contribution is 5.97. The predicted octanol–water partition coefficient (Wildman–Crippen LogP) is 2.69. The molecule has 2 fully saturated rings. The first kappa shape index (κ1) is 24.2. The van der Waals surface area contributed by atoms with Crippen LogP contribution in [0.25, 0.3) is 0 Å². The van der Waals surface area contributed by atoms with Gasteiger partial charge >= 0.3 is 5.97 Å². The second-order valence-electron chi connectivity index (χ2n) is 11.6. The van der Waals surface area contributed by atoms with Crippen LogP contribution in [0, 0.1) is 41.4 Å². The molecule has 1 spiro atoms. The molecular formula is C28H34O7. The minimum Gasteiger partial charge on any atom is -0.507 e. The Bertz CT molecular complexity index is 1160. The number of allylic oxidation sites excluding steroid dienone is 1. The largest absolute Gasteiger partial charge is 0.507 e. The van der Waals surface area contributed by atoms with Crippen LogP contribution < -0.4 is 0 Å². The number of carbonyl (C=O) groups is 2. The van der Waals surface area contributed by atoms with E-state index in [9.17, 15) is 30.0 Å². The van der Waals surface area contributed by atoms with Gasteiger partial charge in [-0.15, -0.1) is 0 Å². The highest BCUT2D eigenvalue weighted by Crippen LogP contribution is 2.71. The van der Waals surface area contributed by atoms with E-state index >= 15 is 0 Å². The zero-order chi connectivity index (χ0) is 25.7. The summed E-state index contributed by atoms with van der Waals surface area (Å²) in [6.07, 6.45) is 1.05. The van der Waals surface area contributed by atoms with Crippen molar-refractivity contribution in [3.8, 4) is 5.75 Å². The quantitative estimate of drug-likeness (QED) is 0.386. The van der Waals surface area contributed by atoms with E-state index in [-0.39, 0.29) is 45.8 Å². The maximum atomic E-state index is 14.3. The minimum absolute atomic E-state index is 0.0352.